The van der Waals surface area contributed by atoms with Crippen LogP contribution in [0.5, 0.6) is 0 Å². The van der Waals surface area contributed by atoms with E-state index in [0.717, 1.165) is 32.6 Å². The van der Waals surface area contributed by atoms with Gasteiger partial charge in [-0.3, -0.25) is 9.69 Å². The van der Waals surface area contributed by atoms with E-state index in [0.29, 0.717) is 5.41 Å². The third-order valence-corrected chi connectivity index (χ3v) is 4.17. The highest BCUT2D eigenvalue weighted by Crippen LogP contribution is 2.49. The summed E-state index contributed by atoms with van der Waals surface area (Å²) in [5, 5.41) is 2.94. The molecular formula is C12H23N3O. The molecule has 92 valence electrons. The Morgan fingerprint density at radius 2 is 2.12 bits per heavy atom. The number of amides is 1. The van der Waals surface area contributed by atoms with Gasteiger partial charge >= 0.3 is 0 Å². The van der Waals surface area contributed by atoms with Gasteiger partial charge in [0.2, 0.25) is 5.91 Å². The number of hydrogen-bond donors (Lipinski definition) is 2. The van der Waals surface area contributed by atoms with Gasteiger partial charge in [0.1, 0.15) is 0 Å². The van der Waals surface area contributed by atoms with Gasteiger partial charge in [-0.25, -0.2) is 0 Å². The van der Waals surface area contributed by atoms with Gasteiger partial charge in [0, 0.05) is 19.6 Å². The maximum atomic E-state index is 11.8. The average molecular weight is 225 g/mol. The fourth-order valence-corrected chi connectivity index (χ4v) is 2.60. The Kier molecular flexibility index (Phi) is 2.97. The Morgan fingerprint density at radius 1 is 1.44 bits per heavy atom. The smallest absolute Gasteiger partial charge is 0.239 e. The zero-order valence-electron chi connectivity index (χ0n) is 10.4. The molecule has 1 saturated heterocycles. The van der Waals surface area contributed by atoms with Gasteiger partial charge in [0.25, 0.3) is 0 Å². The number of nitrogens with zero attached hydrogens (tertiary/aromatic N) is 1. The molecule has 0 aromatic carbocycles. The number of carbonyl (C=O) groups is 1. The number of rotatable bonds is 4. The Hall–Kier alpha value is -0.610. The van der Waals surface area contributed by atoms with Crippen LogP contribution in [0.3, 0.4) is 0 Å². The third kappa shape index (κ3) is 2.09. The van der Waals surface area contributed by atoms with Crippen molar-refractivity contribution in [3.63, 3.8) is 0 Å². The van der Waals surface area contributed by atoms with Gasteiger partial charge in [-0.15, -0.1) is 0 Å². The molecule has 0 spiro atoms. The van der Waals surface area contributed by atoms with E-state index >= 15 is 0 Å². The first-order valence-electron chi connectivity index (χ1n) is 6.24. The fourth-order valence-electron chi connectivity index (χ4n) is 2.60. The topological polar surface area (TPSA) is 58.4 Å². The van der Waals surface area contributed by atoms with Crippen molar-refractivity contribution in [3.05, 3.63) is 0 Å². The minimum atomic E-state index is -0.359. The van der Waals surface area contributed by atoms with Crippen LogP contribution in [0.15, 0.2) is 0 Å². The first-order valence-corrected chi connectivity index (χ1v) is 6.24. The predicted molar refractivity (Wildman–Crippen MR) is 64.0 cm³/mol. The summed E-state index contributed by atoms with van der Waals surface area (Å²) in [5.74, 6) is 0.155. The molecule has 1 heterocycles. The number of carbonyl (C=O) groups excluding carboxylic acids is 1. The lowest BCUT2D eigenvalue weighted by Crippen LogP contribution is -2.62. The monoisotopic (exact) mass is 225 g/mol. The van der Waals surface area contributed by atoms with E-state index in [9.17, 15) is 4.79 Å². The Morgan fingerprint density at radius 3 is 2.69 bits per heavy atom. The number of nitrogens with one attached hydrogen (secondary N) is 1. The van der Waals surface area contributed by atoms with Crippen molar-refractivity contribution in [2.24, 2.45) is 11.1 Å². The summed E-state index contributed by atoms with van der Waals surface area (Å²) in [7, 11) is 0. The quantitative estimate of drug-likeness (QED) is 0.725. The molecule has 4 nitrogen and oxygen atoms in total. The lowest BCUT2D eigenvalue weighted by molar-refractivity contribution is -0.135. The molecule has 1 saturated carbocycles. The fraction of sp³-hybridized carbons (Fsp3) is 0.917. The van der Waals surface area contributed by atoms with Gasteiger partial charge < -0.3 is 11.1 Å². The van der Waals surface area contributed by atoms with Crippen LogP contribution in [0, 0.1) is 5.41 Å². The second-order valence-corrected chi connectivity index (χ2v) is 5.78. The third-order valence-electron chi connectivity index (χ3n) is 4.17. The van der Waals surface area contributed by atoms with Crippen molar-refractivity contribution in [1.29, 1.82) is 0 Å². The van der Waals surface area contributed by atoms with Crippen LogP contribution in [0.2, 0.25) is 0 Å². The van der Waals surface area contributed by atoms with Crippen molar-refractivity contribution in [2.75, 3.05) is 26.2 Å². The second kappa shape index (κ2) is 4.00. The summed E-state index contributed by atoms with van der Waals surface area (Å²) in [4.78, 5) is 14.1. The summed E-state index contributed by atoms with van der Waals surface area (Å²) in [6.45, 7) is 7.57. The lowest BCUT2D eigenvalue weighted by atomic mass is 9.94. The highest BCUT2D eigenvalue weighted by molar-refractivity contribution is 5.86. The number of nitrogens with two attached hydrogens (primary N) is 1. The van der Waals surface area contributed by atoms with Gasteiger partial charge in [-0.05, 0) is 45.1 Å². The van der Waals surface area contributed by atoms with Crippen molar-refractivity contribution in [1.82, 2.24) is 10.2 Å². The summed E-state index contributed by atoms with van der Waals surface area (Å²) < 4.78 is 0. The summed E-state index contributed by atoms with van der Waals surface area (Å²) >= 11 is 0. The summed E-state index contributed by atoms with van der Waals surface area (Å²) in [6, 6.07) is 0. The standard InChI is InChI=1S/C12H23N3O/c1-11(2)10(16)14-7-8-15(11)9-12(3-4-12)5-6-13/h3-9,13H2,1-2H3,(H,14,16). The van der Waals surface area contributed by atoms with E-state index in [-0.39, 0.29) is 11.4 Å². The zero-order chi connectivity index (χ0) is 11.8. The molecule has 2 rings (SSSR count). The van der Waals surface area contributed by atoms with Crippen molar-refractivity contribution < 1.29 is 4.79 Å². The van der Waals surface area contributed by atoms with Crippen LogP contribution >= 0.6 is 0 Å². The van der Waals surface area contributed by atoms with E-state index in [4.69, 9.17) is 5.73 Å². The molecule has 16 heavy (non-hydrogen) atoms. The van der Waals surface area contributed by atoms with Gasteiger partial charge in [0.15, 0.2) is 0 Å². The molecule has 1 amide bonds. The molecule has 0 unspecified atom stereocenters. The second-order valence-electron chi connectivity index (χ2n) is 5.78. The van der Waals surface area contributed by atoms with E-state index in [1.54, 1.807) is 0 Å². The summed E-state index contributed by atoms with van der Waals surface area (Å²) in [5.41, 5.74) is 5.72. The van der Waals surface area contributed by atoms with Crippen LogP contribution in [-0.4, -0.2) is 42.5 Å². The zero-order valence-corrected chi connectivity index (χ0v) is 10.4. The SMILES string of the molecule is CC1(C)C(=O)NCCN1CC1(CCN)CC1. The highest BCUT2D eigenvalue weighted by atomic mass is 16.2. The molecule has 0 aromatic rings. The lowest BCUT2D eigenvalue weighted by Gasteiger charge is -2.43. The minimum absolute atomic E-state index is 0.155. The minimum Gasteiger partial charge on any atom is -0.353 e. The molecule has 1 aliphatic heterocycles. The van der Waals surface area contributed by atoms with Gasteiger partial charge in [-0.1, -0.05) is 0 Å². The normalized spacial score (nSPS) is 27.6. The largest absolute Gasteiger partial charge is 0.353 e. The van der Waals surface area contributed by atoms with Crippen LogP contribution in [0.4, 0.5) is 0 Å². The molecule has 0 aromatic heterocycles. The van der Waals surface area contributed by atoms with E-state index in [2.05, 4.69) is 10.2 Å². The molecule has 2 aliphatic rings. The van der Waals surface area contributed by atoms with Gasteiger partial charge in [0.05, 0.1) is 5.54 Å². The van der Waals surface area contributed by atoms with Crippen LogP contribution in [0.1, 0.15) is 33.1 Å². The first kappa shape index (κ1) is 11.9. The van der Waals surface area contributed by atoms with E-state index < -0.39 is 0 Å². The molecular weight excluding hydrogens is 202 g/mol. The Bertz CT molecular complexity index is 284. The van der Waals surface area contributed by atoms with E-state index in [1.165, 1.54) is 12.8 Å². The molecule has 0 atom stereocenters. The van der Waals surface area contributed by atoms with Crippen molar-refractivity contribution in [3.8, 4) is 0 Å². The van der Waals surface area contributed by atoms with Crippen molar-refractivity contribution in [2.45, 2.75) is 38.6 Å². The predicted octanol–water partition coefficient (Wildman–Crippen LogP) is 0.326. The molecule has 1 aliphatic carbocycles. The average Bonchev–Trinajstić information content (AvgIpc) is 2.95. The Labute approximate surface area is 97.6 Å². The first-order chi connectivity index (χ1) is 7.50. The van der Waals surface area contributed by atoms with Crippen LogP contribution < -0.4 is 11.1 Å². The van der Waals surface area contributed by atoms with Crippen LogP contribution in [-0.2, 0) is 4.79 Å². The molecule has 3 N–H and O–H groups in total. The van der Waals surface area contributed by atoms with Gasteiger partial charge in [-0.2, -0.15) is 0 Å². The van der Waals surface area contributed by atoms with E-state index in [1.807, 2.05) is 13.8 Å². The molecule has 4 heteroatoms. The maximum absolute atomic E-state index is 11.8. The maximum Gasteiger partial charge on any atom is 0.239 e. The molecule has 2 fully saturated rings. The number of hydrogen-bond acceptors (Lipinski definition) is 3. The number of piperazine rings is 1. The molecule has 0 radical (unpaired) electrons. The highest BCUT2D eigenvalue weighted by Gasteiger charge is 2.47. The van der Waals surface area contributed by atoms with Crippen LogP contribution in [0.25, 0.3) is 0 Å². The Balaban J connectivity index is 2.01. The summed E-state index contributed by atoms with van der Waals surface area (Å²) in [6.07, 6.45) is 3.65. The molecule has 0 bridgehead atoms. The van der Waals surface area contributed by atoms with Crippen molar-refractivity contribution >= 4 is 5.91 Å².